The zero-order chi connectivity index (χ0) is 16.3. The summed E-state index contributed by atoms with van der Waals surface area (Å²) in [5.74, 6) is -0.737. The van der Waals surface area contributed by atoms with Gasteiger partial charge in [-0.25, -0.2) is 8.78 Å². The lowest BCUT2D eigenvalue weighted by molar-refractivity contribution is -0.384. The molecule has 22 heavy (non-hydrogen) atoms. The molecule has 1 aromatic heterocycles. The van der Waals surface area contributed by atoms with E-state index < -0.39 is 35.0 Å². The van der Waals surface area contributed by atoms with E-state index >= 15 is 0 Å². The van der Waals surface area contributed by atoms with E-state index in [1.807, 2.05) is 0 Å². The first-order valence-electron chi connectivity index (χ1n) is 6.26. The average molecular weight is 322 g/mol. The van der Waals surface area contributed by atoms with Crippen LogP contribution in [0.4, 0.5) is 30.4 Å². The molecule has 1 aromatic rings. The summed E-state index contributed by atoms with van der Waals surface area (Å²) in [5, 5.41) is 11.1. The third kappa shape index (κ3) is 3.47. The third-order valence-corrected chi connectivity index (χ3v) is 2.91. The van der Waals surface area contributed by atoms with Gasteiger partial charge in [0.15, 0.2) is 0 Å². The Hall–Kier alpha value is -2.30. The highest BCUT2D eigenvalue weighted by atomic mass is 19.3. The molecule has 0 radical (unpaired) electrons. The fourth-order valence-electron chi connectivity index (χ4n) is 1.89. The maximum Gasteiger partial charge on any atom is 0.313 e. The molecule has 0 aromatic carbocycles. The molecular weight excluding hydrogens is 309 g/mol. The summed E-state index contributed by atoms with van der Waals surface area (Å²) in [6.45, 7) is 1.26. The zero-order valence-corrected chi connectivity index (χ0v) is 11.2. The number of pyridine rings is 1. The largest absolute Gasteiger partial charge is 0.435 e. The molecule has 11 heteroatoms. The number of aromatic nitrogens is 1. The van der Waals surface area contributed by atoms with Gasteiger partial charge in [-0.2, -0.15) is 9.37 Å². The summed E-state index contributed by atoms with van der Waals surface area (Å²) >= 11 is 0. The smallest absolute Gasteiger partial charge is 0.313 e. The van der Waals surface area contributed by atoms with Crippen molar-refractivity contribution in [3.05, 3.63) is 16.2 Å². The summed E-state index contributed by atoms with van der Waals surface area (Å²) in [5.41, 5.74) is 4.65. The molecule has 0 aliphatic carbocycles. The molecule has 122 valence electrons. The third-order valence-electron chi connectivity index (χ3n) is 2.91. The second-order valence-corrected chi connectivity index (χ2v) is 4.39. The van der Waals surface area contributed by atoms with E-state index in [9.17, 15) is 23.3 Å². The minimum atomic E-state index is -3.39. The molecule has 0 saturated carbocycles. The highest BCUT2D eigenvalue weighted by molar-refractivity contribution is 5.67. The Bertz CT molecular complexity index is 554. The van der Waals surface area contributed by atoms with Crippen molar-refractivity contribution in [1.29, 1.82) is 0 Å². The number of ether oxygens (including phenoxy) is 2. The van der Waals surface area contributed by atoms with Crippen molar-refractivity contribution in [3.63, 3.8) is 0 Å². The van der Waals surface area contributed by atoms with Crippen LogP contribution in [-0.2, 0) is 4.74 Å². The van der Waals surface area contributed by atoms with Crippen molar-refractivity contribution in [3.8, 4) is 5.88 Å². The van der Waals surface area contributed by atoms with Gasteiger partial charge in [0.2, 0.25) is 11.7 Å². The van der Waals surface area contributed by atoms with Crippen LogP contribution >= 0.6 is 0 Å². The first kappa shape index (κ1) is 16.1. The standard InChI is InChI=1S/C11H13F3N4O4/c12-8(13)9(14)22-11-6(15)5-7(18(19)20)10(16-11)17-1-3-21-4-2-17/h5,8-9H,1-4,15H2. The number of nitro groups is 1. The number of alkyl halides is 3. The number of hydrogen-bond donors (Lipinski definition) is 1. The summed E-state index contributed by atoms with van der Waals surface area (Å²) in [6, 6.07) is 0.908. The highest BCUT2D eigenvalue weighted by Crippen LogP contribution is 2.34. The lowest BCUT2D eigenvalue weighted by atomic mass is 10.3. The first-order chi connectivity index (χ1) is 10.4. The molecule has 0 spiro atoms. The van der Waals surface area contributed by atoms with Crippen molar-refractivity contribution < 1.29 is 27.6 Å². The fourth-order valence-corrected chi connectivity index (χ4v) is 1.89. The molecule has 0 bridgehead atoms. The van der Waals surface area contributed by atoms with Crippen LogP contribution in [0.15, 0.2) is 6.07 Å². The first-order valence-corrected chi connectivity index (χ1v) is 6.26. The van der Waals surface area contributed by atoms with Crippen LogP contribution in [0, 0.1) is 10.1 Å². The van der Waals surface area contributed by atoms with Crippen LogP contribution in [0.25, 0.3) is 0 Å². The second-order valence-electron chi connectivity index (χ2n) is 4.39. The Kier molecular flexibility index (Phi) is 4.85. The van der Waals surface area contributed by atoms with E-state index in [0.717, 1.165) is 6.07 Å². The van der Waals surface area contributed by atoms with E-state index in [-0.39, 0.29) is 5.82 Å². The van der Waals surface area contributed by atoms with Crippen molar-refractivity contribution in [2.75, 3.05) is 36.9 Å². The molecule has 1 atom stereocenters. The molecular formula is C11H13F3N4O4. The topological polar surface area (TPSA) is 104 Å². The summed E-state index contributed by atoms with van der Waals surface area (Å²) in [6.07, 6.45) is -6.31. The number of halogens is 3. The molecule has 2 heterocycles. The van der Waals surface area contributed by atoms with Crippen molar-refractivity contribution in [1.82, 2.24) is 4.98 Å². The predicted molar refractivity (Wildman–Crippen MR) is 69.9 cm³/mol. The number of morpholine rings is 1. The van der Waals surface area contributed by atoms with Gasteiger partial charge in [0, 0.05) is 19.2 Å². The number of nitrogens with two attached hydrogens (primary N) is 1. The van der Waals surface area contributed by atoms with Crippen LogP contribution in [0.5, 0.6) is 5.88 Å². The van der Waals surface area contributed by atoms with E-state index in [2.05, 4.69) is 9.72 Å². The molecule has 1 aliphatic heterocycles. The predicted octanol–water partition coefficient (Wildman–Crippen LogP) is 1.35. The van der Waals surface area contributed by atoms with Gasteiger partial charge >= 0.3 is 12.1 Å². The normalized spacial score (nSPS) is 16.6. The average Bonchev–Trinajstić information content (AvgIpc) is 2.49. The maximum atomic E-state index is 13.0. The monoisotopic (exact) mass is 322 g/mol. The zero-order valence-electron chi connectivity index (χ0n) is 11.2. The van der Waals surface area contributed by atoms with Crippen LogP contribution < -0.4 is 15.4 Å². The van der Waals surface area contributed by atoms with Gasteiger partial charge in [-0.1, -0.05) is 0 Å². The molecule has 1 aliphatic rings. The van der Waals surface area contributed by atoms with E-state index in [1.54, 1.807) is 0 Å². The van der Waals surface area contributed by atoms with Crippen molar-refractivity contribution >= 4 is 17.2 Å². The quantitative estimate of drug-likeness (QED) is 0.644. The molecule has 1 fully saturated rings. The molecule has 2 N–H and O–H groups in total. The Morgan fingerprint density at radius 2 is 2.05 bits per heavy atom. The fraction of sp³-hybridized carbons (Fsp3) is 0.545. The number of rotatable bonds is 5. The van der Waals surface area contributed by atoms with Crippen LogP contribution in [0.3, 0.4) is 0 Å². The molecule has 0 amide bonds. The number of nitrogen functional groups attached to an aromatic ring is 1. The lowest BCUT2D eigenvalue weighted by Crippen LogP contribution is -2.37. The van der Waals surface area contributed by atoms with Gasteiger partial charge in [0.1, 0.15) is 5.69 Å². The van der Waals surface area contributed by atoms with Gasteiger partial charge < -0.3 is 20.1 Å². The van der Waals surface area contributed by atoms with E-state index in [0.29, 0.717) is 26.3 Å². The SMILES string of the molecule is Nc1cc([N+](=O)[O-])c(N2CCOCC2)nc1OC(F)C(F)F. The van der Waals surface area contributed by atoms with Gasteiger partial charge in [-0.05, 0) is 0 Å². The van der Waals surface area contributed by atoms with E-state index in [4.69, 9.17) is 10.5 Å². The van der Waals surface area contributed by atoms with Gasteiger partial charge in [0.25, 0.3) is 6.36 Å². The minimum Gasteiger partial charge on any atom is -0.435 e. The Balaban J connectivity index is 2.37. The summed E-state index contributed by atoms with van der Waals surface area (Å²) in [4.78, 5) is 15.6. The molecule has 2 rings (SSSR count). The van der Waals surface area contributed by atoms with Crippen molar-refractivity contribution in [2.24, 2.45) is 0 Å². The van der Waals surface area contributed by atoms with Gasteiger partial charge in [-0.15, -0.1) is 0 Å². The molecule has 1 unspecified atom stereocenters. The molecule has 1 saturated heterocycles. The van der Waals surface area contributed by atoms with Crippen molar-refractivity contribution in [2.45, 2.75) is 12.8 Å². The Morgan fingerprint density at radius 3 is 2.59 bits per heavy atom. The van der Waals surface area contributed by atoms with Crippen LogP contribution in [0.1, 0.15) is 0 Å². The lowest BCUT2D eigenvalue weighted by Gasteiger charge is -2.27. The number of hydrogen-bond acceptors (Lipinski definition) is 7. The maximum absolute atomic E-state index is 13.0. The number of anilines is 2. The van der Waals surface area contributed by atoms with Gasteiger partial charge in [0.05, 0.1) is 18.1 Å². The Morgan fingerprint density at radius 1 is 1.41 bits per heavy atom. The van der Waals surface area contributed by atoms with Crippen LogP contribution in [0.2, 0.25) is 0 Å². The second kappa shape index (κ2) is 6.64. The minimum absolute atomic E-state index is 0.126. The number of nitrogens with zero attached hydrogens (tertiary/aromatic N) is 3. The highest BCUT2D eigenvalue weighted by Gasteiger charge is 2.28. The Labute approximate surface area is 122 Å². The van der Waals surface area contributed by atoms with E-state index in [1.165, 1.54) is 4.90 Å². The van der Waals surface area contributed by atoms with Gasteiger partial charge in [-0.3, -0.25) is 10.1 Å². The summed E-state index contributed by atoms with van der Waals surface area (Å²) in [7, 11) is 0. The van der Waals surface area contributed by atoms with Crippen LogP contribution in [-0.4, -0.2) is 49.0 Å². The molecule has 8 nitrogen and oxygen atoms in total. The summed E-state index contributed by atoms with van der Waals surface area (Å²) < 4.78 is 46.9.